The highest BCUT2D eigenvalue weighted by molar-refractivity contribution is 5.91. The minimum Gasteiger partial charge on any atom is -0.475 e. The molecule has 0 saturated heterocycles. The number of carboxylic acids is 1. The molecule has 1 heterocycles. The van der Waals surface area contributed by atoms with Crippen molar-refractivity contribution in [1.29, 1.82) is 0 Å². The van der Waals surface area contributed by atoms with Crippen LogP contribution in [0.2, 0.25) is 0 Å². The van der Waals surface area contributed by atoms with Gasteiger partial charge in [0.2, 0.25) is 11.7 Å². The van der Waals surface area contributed by atoms with E-state index in [1.165, 1.54) is 6.07 Å². The van der Waals surface area contributed by atoms with Crippen molar-refractivity contribution < 1.29 is 19.1 Å². The van der Waals surface area contributed by atoms with Crippen molar-refractivity contribution in [3.05, 3.63) is 35.6 Å². The monoisotopic (exact) mass is 262 g/mol. The van der Waals surface area contributed by atoms with Crippen LogP contribution in [0.15, 0.2) is 28.7 Å². The van der Waals surface area contributed by atoms with Crippen LogP contribution in [0.4, 0.5) is 0 Å². The number of fused-ring (bicyclic) bond motifs is 1. The summed E-state index contributed by atoms with van der Waals surface area (Å²) in [6.07, 6.45) is 0. The summed E-state index contributed by atoms with van der Waals surface area (Å²) in [5.41, 5.74) is 6.59. The van der Waals surface area contributed by atoms with Crippen molar-refractivity contribution in [3.63, 3.8) is 0 Å². The first-order valence-electron chi connectivity index (χ1n) is 5.68. The second kappa shape index (κ2) is 5.11. The third kappa shape index (κ3) is 3.11. The Kier molecular flexibility index (Phi) is 3.52. The summed E-state index contributed by atoms with van der Waals surface area (Å²) in [6, 6.07) is 6.86. The van der Waals surface area contributed by atoms with Crippen molar-refractivity contribution in [2.45, 2.75) is 6.54 Å². The number of primary amides is 1. The highest BCUT2D eigenvalue weighted by Crippen LogP contribution is 2.21. The lowest BCUT2D eigenvalue weighted by atomic mass is 10.1. The Bertz CT molecular complexity index is 633. The van der Waals surface area contributed by atoms with E-state index in [1.807, 2.05) is 12.1 Å². The molecule has 0 radical (unpaired) electrons. The second-order valence-corrected chi connectivity index (χ2v) is 4.43. The van der Waals surface area contributed by atoms with Crippen molar-refractivity contribution in [2.75, 3.05) is 13.6 Å². The van der Waals surface area contributed by atoms with E-state index in [2.05, 4.69) is 0 Å². The van der Waals surface area contributed by atoms with Gasteiger partial charge in [-0.15, -0.1) is 0 Å². The number of likely N-dealkylation sites (N-methyl/N-ethyl adjacent to an activating group) is 1. The third-order valence-electron chi connectivity index (χ3n) is 2.67. The Morgan fingerprint density at radius 3 is 2.74 bits per heavy atom. The standard InChI is InChI=1S/C13H14N2O4/c1-15(7-12(14)16)6-8-2-3-10-9(4-8)5-11(19-10)13(17)18/h2-5H,6-7H2,1H3,(H2,14,16)(H,17,18). The van der Waals surface area contributed by atoms with Crippen molar-refractivity contribution in [2.24, 2.45) is 5.73 Å². The van der Waals surface area contributed by atoms with E-state index in [1.54, 1.807) is 18.0 Å². The van der Waals surface area contributed by atoms with Crippen LogP contribution in [0.5, 0.6) is 0 Å². The number of aromatic carboxylic acids is 1. The van der Waals surface area contributed by atoms with Crippen LogP contribution in [0, 0.1) is 0 Å². The maximum atomic E-state index is 10.8. The number of amides is 1. The molecule has 0 aliphatic rings. The molecule has 0 fully saturated rings. The van der Waals surface area contributed by atoms with E-state index < -0.39 is 5.97 Å². The van der Waals surface area contributed by atoms with E-state index in [4.69, 9.17) is 15.3 Å². The number of hydrogen-bond acceptors (Lipinski definition) is 4. The fraction of sp³-hybridized carbons (Fsp3) is 0.231. The SMILES string of the molecule is CN(CC(N)=O)Cc1ccc2oc(C(=O)O)cc2c1. The van der Waals surface area contributed by atoms with E-state index in [-0.39, 0.29) is 18.2 Å². The lowest BCUT2D eigenvalue weighted by Crippen LogP contribution is -2.30. The van der Waals surface area contributed by atoms with Gasteiger partial charge in [0.15, 0.2) is 0 Å². The van der Waals surface area contributed by atoms with Gasteiger partial charge in [0.25, 0.3) is 0 Å². The van der Waals surface area contributed by atoms with Gasteiger partial charge in [-0.05, 0) is 30.8 Å². The highest BCUT2D eigenvalue weighted by atomic mass is 16.4. The molecule has 6 nitrogen and oxygen atoms in total. The number of carbonyl (C=O) groups is 2. The van der Waals surface area contributed by atoms with Crippen molar-refractivity contribution >= 4 is 22.8 Å². The second-order valence-electron chi connectivity index (χ2n) is 4.43. The molecule has 2 aromatic rings. The van der Waals surface area contributed by atoms with Crippen LogP contribution in [0.1, 0.15) is 16.1 Å². The van der Waals surface area contributed by atoms with Crippen molar-refractivity contribution in [1.82, 2.24) is 4.90 Å². The lowest BCUT2D eigenvalue weighted by Gasteiger charge is -2.14. The zero-order valence-electron chi connectivity index (χ0n) is 10.4. The molecule has 0 bridgehead atoms. The molecule has 0 spiro atoms. The Labute approximate surface area is 109 Å². The molecule has 2 rings (SSSR count). The first-order valence-corrected chi connectivity index (χ1v) is 5.68. The molecule has 0 atom stereocenters. The number of carboxylic acid groups (broad SMARTS) is 1. The summed E-state index contributed by atoms with van der Waals surface area (Å²) in [5.74, 6) is -1.57. The van der Waals surface area contributed by atoms with Gasteiger partial charge in [0, 0.05) is 11.9 Å². The topological polar surface area (TPSA) is 96.8 Å². The number of nitrogens with zero attached hydrogens (tertiary/aromatic N) is 1. The summed E-state index contributed by atoms with van der Waals surface area (Å²) in [6.45, 7) is 0.719. The van der Waals surface area contributed by atoms with Crippen LogP contribution in [-0.4, -0.2) is 35.5 Å². The largest absolute Gasteiger partial charge is 0.475 e. The predicted molar refractivity (Wildman–Crippen MR) is 68.7 cm³/mol. The quantitative estimate of drug-likeness (QED) is 0.839. The van der Waals surface area contributed by atoms with E-state index in [0.717, 1.165) is 10.9 Å². The van der Waals surface area contributed by atoms with Gasteiger partial charge < -0.3 is 15.3 Å². The molecule has 1 amide bonds. The van der Waals surface area contributed by atoms with Crippen LogP contribution >= 0.6 is 0 Å². The van der Waals surface area contributed by atoms with Gasteiger partial charge in [0.1, 0.15) is 5.58 Å². The molecule has 0 unspecified atom stereocenters. The average molecular weight is 262 g/mol. The zero-order chi connectivity index (χ0) is 14.0. The summed E-state index contributed by atoms with van der Waals surface area (Å²) in [5, 5.41) is 9.57. The Morgan fingerprint density at radius 2 is 2.11 bits per heavy atom. The van der Waals surface area contributed by atoms with Crippen LogP contribution in [0.3, 0.4) is 0 Å². The summed E-state index contributed by atoms with van der Waals surface area (Å²) < 4.78 is 5.17. The minimum absolute atomic E-state index is 0.0855. The Morgan fingerprint density at radius 1 is 1.37 bits per heavy atom. The summed E-state index contributed by atoms with van der Waals surface area (Å²) in [4.78, 5) is 23.4. The molecular formula is C13H14N2O4. The molecule has 0 aliphatic carbocycles. The molecule has 1 aromatic carbocycles. The number of nitrogens with two attached hydrogens (primary N) is 1. The van der Waals surface area contributed by atoms with Gasteiger partial charge in [-0.1, -0.05) is 6.07 Å². The van der Waals surface area contributed by atoms with Gasteiger partial charge in [-0.25, -0.2) is 4.79 Å². The molecular weight excluding hydrogens is 248 g/mol. The molecule has 3 N–H and O–H groups in total. The maximum Gasteiger partial charge on any atom is 0.371 e. The van der Waals surface area contributed by atoms with Crippen LogP contribution in [-0.2, 0) is 11.3 Å². The van der Waals surface area contributed by atoms with Gasteiger partial charge in [0.05, 0.1) is 6.54 Å². The third-order valence-corrected chi connectivity index (χ3v) is 2.67. The lowest BCUT2D eigenvalue weighted by molar-refractivity contribution is -0.118. The minimum atomic E-state index is -1.09. The molecule has 1 aromatic heterocycles. The van der Waals surface area contributed by atoms with Crippen LogP contribution < -0.4 is 5.73 Å². The van der Waals surface area contributed by atoms with E-state index in [0.29, 0.717) is 12.1 Å². The Hall–Kier alpha value is -2.34. The van der Waals surface area contributed by atoms with Gasteiger partial charge >= 0.3 is 5.97 Å². The first kappa shape index (κ1) is 13.1. The summed E-state index contributed by atoms with van der Waals surface area (Å²) >= 11 is 0. The van der Waals surface area contributed by atoms with Crippen LogP contribution in [0.25, 0.3) is 11.0 Å². The molecule has 0 aliphatic heterocycles. The molecule has 19 heavy (non-hydrogen) atoms. The Balaban J connectivity index is 2.21. The zero-order valence-corrected chi connectivity index (χ0v) is 10.4. The fourth-order valence-corrected chi connectivity index (χ4v) is 1.93. The smallest absolute Gasteiger partial charge is 0.371 e. The number of carbonyl (C=O) groups excluding carboxylic acids is 1. The fourth-order valence-electron chi connectivity index (χ4n) is 1.93. The van der Waals surface area contributed by atoms with Gasteiger partial charge in [-0.2, -0.15) is 0 Å². The summed E-state index contributed by atoms with van der Waals surface area (Å²) in [7, 11) is 1.78. The van der Waals surface area contributed by atoms with Gasteiger partial charge in [-0.3, -0.25) is 9.69 Å². The first-order chi connectivity index (χ1) is 8.95. The van der Waals surface area contributed by atoms with E-state index >= 15 is 0 Å². The number of rotatable bonds is 5. The number of hydrogen-bond donors (Lipinski definition) is 2. The average Bonchev–Trinajstić information content (AvgIpc) is 2.70. The van der Waals surface area contributed by atoms with Crippen molar-refractivity contribution in [3.8, 4) is 0 Å². The molecule has 0 saturated carbocycles. The highest BCUT2D eigenvalue weighted by Gasteiger charge is 2.11. The molecule has 100 valence electrons. The number of benzene rings is 1. The van der Waals surface area contributed by atoms with E-state index in [9.17, 15) is 9.59 Å². The maximum absolute atomic E-state index is 10.8. The normalized spacial score (nSPS) is 11.1. The molecule has 6 heteroatoms. The number of furan rings is 1. The predicted octanol–water partition coefficient (Wildman–Crippen LogP) is 1.05.